The monoisotopic (exact) mass is 313 g/mol. The Morgan fingerprint density at radius 2 is 2.09 bits per heavy atom. The first-order chi connectivity index (χ1) is 10.9. The first-order valence-corrected chi connectivity index (χ1v) is 7.40. The highest BCUT2D eigenvalue weighted by Gasteiger charge is 2.26. The first kappa shape index (κ1) is 15.4. The van der Waals surface area contributed by atoms with E-state index in [1.807, 2.05) is 32.9 Å². The number of hydrogen-bond acceptors (Lipinski definition) is 6. The second-order valence-corrected chi connectivity index (χ2v) is 6.10. The molecule has 3 rings (SSSR count). The highest BCUT2D eigenvalue weighted by Crippen LogP contribution is 2.18. The van der Waals surface area contributed by atoms with Gasteiger partial charge in [0, 0.05) is 18.8 Å². The third-order valence-electron chi connectivity index (χ3n) is 3.71. The molecule has 0 atom stereocenters. The minimum atomic E-state index is -0.514. The Balaban J connectivity index is 1.87. The molecule has 0 amide bonds. The lowest BCUT2D eigenvalue weighted by molar-refractivity contribution is 0.265. The molecular formula is C16H19N5O2. The number of hydrogen-bond donors (Lipinski definition) is 1. The zero-order valence-corrected chi connectivity index (χ0v) is 13.6. The van der Waals surface area contributed by atoms with Gasteiger partial charge < -0.3 is 4.52 Å². The molecule has 3 aromatic rings. The van der Waals surface area contributed by atoms with Crippen molar-refractivity contribution in [3.63, 3.8) is 0 Å². The van der Waals surface area contributed by atoms with E-state index in [0.717, 1.165) is 5.56 Å². The molecule has 0 unspecified atom stereocenters. The summed E-state index contributed by atoms with van der Waals surface area (Å²) in [4.78, 5) is 21.0. The summed E-state index contributed by atoms with van der Waals surface area (Å²) >= 11 is 0. The Labute approximate surface area is 133 Å². The lowest BCUT2D eigenvalue weighted by Gasteiger charge is -2.21. The van der Waals surface area contributed by atoms with Crippen LogP contribution in [0.3, 0.4) is 0 Å². The summed E-state index contributed by atoms with van der Waals surface area (Å²) in [5.41, 5.74) is 1.69. The third kappa shape index (κ3) is 3.00. The highest BCUT2D eigenvalue weighted by molar-refractivity contribution is 5.46. The van der Waals surface area contributed by atoms with Crippen LogP contribution in [0.5, 0.6) is 0 Å². The number of fused-ring (bicyclic) bond motifs is 1. The van der Waals surface area contributed by atoms with Gasteiger partial charge in [0.2, 0.25) is 5.89 Å². The van der Waals surface area contributed by atoms with Crippen LogP contribution in [0.4, 0.5) is 0 Å². The van der Waals surface area contributed by atoms with Crippen molar-refractivity contribution >= 4 is 5.65 Å². The zero-order chi connectivity index (χ0) is 16.6. The number of rotatable bonds is 4. The molecule has 3 aromatic heterocycles. The van der Waals surface area contributed by atoms with Crippen LogP contribution in [0.1, 0.15) is 36.8 Å². The van der Waals surface area contributed by atoms with Crippen LogP contribution in [0.25, 0.3) is 5.65 Å². The average Bonchev–Trinajstić information content (AvgIpc) is 2.94. The molecule has 1 N–H and O–H groups in total. The predicted octanol–water partition coefficient (Wildman–Crippen LogP) is 1.72. The minimum absolute atomic E-state index is 0.0954. The predicted molar refractivity (Wildman–Crippen MR) is 85.1 cm³/mol. The number of pyridine rings is 1. The smallest absolute Gasteiger partial charge is 0.258 e. The van der Waals surface area contributed by atoms with Gasteiger partial charge in [0.1, 0.15) is 5.65 Å². The topological polar surface area (TPSA) is 85.3 Å². The minimum Gasteiger partial charge on any atom is -0.337 e. The maximum atomic E-state index is 12.2. The van der Waals surface area contributed by atoms with Crippen molar-refractivity contribution in [3.05, 3.63) is 57.7 Å². The van der Waals surface area contributed by atoms with E-state index in [0.29, 0.717) is 29.6 Å². The van der Waals surface area contributed by atoms with Crippen molar-refractivity contribution in [2.75, 3.05) is 0 Å². The lowest BCUT2D eigenvalue weighted by Crippen LogP contribution is -2.37. The van der Waals surface area contributed by atoms with Crippen molar-refractivity contribution in [2.45, 2.75) is 39.8 Å². The molecule has 0 aliphatic carbocycles. The van der Waals surface area contributed by atoms with E-state index >= 15 is 0 Å². The second-order valence-electron chi connectivity index (χ2n) is 6.10. The van der Waals surface area contributed by atoms with Gasteiger partial charge in [0.15, 0.2) is 5.82 Å². The summed E-state index contributed by atoms with van der Waals surface area (Å²) < 4.78 is 6.77. The number of aromatic nitrogens is 4. The molecule has 0 aromatic carbocycles. The molecule has 0 aliphatic rings. The van der Waals surface area contributed by atoms with Crippen molar-refractivity contribution in [1.29, 1.82) is 0 Å². The van der Waals surface area contributed by atoms with Crippen molar-refractivity contribution < 1.29 is 4.52 Å². The van der Waals surface area contributed by atoms with Crippen molar-refractivity contribution in [2.24, 2.45) is 0 Å². The number of aryl methyl sites for hydroxylation is 2. The molecule has 7 nitrogen and oxygen atoms in total. The molecule has 0 fully saturated rings. The van der Waals surface area contributed by atoms with Crippen LogP contribution < -0.4 is 10.9 Å². The summed E-state index contributed by atoms with van der Waals surface area (Å²) in [5.74, 6) is 1.09. The van der Waals surface area contributed by atoms with E-state index in [-0.39, 0.29) is 5.56 Å². The molecule has 0 bridgehead atoms. The molecule has 0 radical (unpaired) electrons. The zero-order valence-electron chi connectivity index (χ0n) is 13.6. The fraction of sp³-hybridized carbons (Fsp3) is 0.375. The normalized spacial score (nSPS) is 12.0. The van der Waals surface area contributed by atoms with E-state index in [1.165, 1.54) is 6.07 Å². The van der Waals surface area contributed by atoms with Crippen LogP contribution in [0.15, 0.2) is 33.7 Å². The van der Waals surface area contributed by atoms with Crippen LogP contribution in [0.2, 0.25) is 0 Å². The van der Waals surface area contributed by atoms with Gasteiger partial charge in [-0.15, -0.1) is 0 Å². The van der Waals surface area contributed by atoms with Crippen LogP contribution >= 0.6 is 0 Å². The van der Waals surface area contributed by atoms with Gasteiger partial charge in [-0.05, 0) is 39.3 Å². The molecule has 0 saturated carbocycles. The first-order valence-electron chi connectivity index (χ1n) is 7.40. The third-order valence-corrected chi connectivity index (χ3v) is 3.71. The fourth-order valence-electron chi connectivity index (χ4n) is 2.34. The lowest BCUT2D eigenvalue weighted by atomic mass is 10.1. The van der Waals surface area contributed by atoms with Crippen LogP contribution in [-0.2, 0) is 12.1 Å². The Kier molecular flexibility index (Phi) is 3.73. The average molecular weight is 313 g/mol. The molecular weight excluding hydrogens is 294 g/mol. The van der Waals surface area contributed by atoms with Gasteiger partial charge in [0.05, 0.1) is 11.2 Å². The van der Waals surface area contributed by atoms with E-state index in [2.05, 4.69) is 20.4 Å². The quantitative estimate of drug-likeness (QED) is 0.789. The standard InChI is InChI=1S/C16H19N5O2/c1-10-6-5-7-21-13(22)8-12(19-14(10)21)9-17-16(3,4)15-18-11(2)20-23-15/h5-8,17H,9H2,1-4H3. The molecule has 23 heavy (non-hydrogen) atoms. The van der Waals surface area contributed by atoms with E-state index in [4.69, 9.17) is 4.52 Å². The van der Waals surface area contributed by atoms with Crippen LogP contribution in [0, 0.1) is 13.8 Å². The van der Waals surface area contributed by atoms with Gasteiger partial charge >= 0.3 is 0 Å². The highest BCUT2D eigenvalue weighted by atomic mass is 16.5. The molecule has 3 heterocycles. The Morgan fingerprint density at radius 1 is 1.30 bits per heavy atom. The van der Waals surface area contributed by atoms with E-state index in [1.54, 1.807) is 17.5 Å². The van der Waals surface area contributed by atoms with E-state index < -0.39 is 5.54 Å². The molecule has 7 heteroatoms. The van der Waals surface area contributed by atoms with E-state index in [9.17, 15) is 4.79 Å². The summed E-state index contributed by atoms with van der Waals surface area (Å²) in [6.45, 7) is 8.02. The number of nitrogens with zero attached hydrogens (tertiary/aromatic N) is 4. The summed E-state index contributed by atoms with van der Waals surface area (Å²) in [6.07, 6.45) is 1.72. The Bertz CT molecular complexity index is 910. The molecule has 0 saturated heterocycles. The maximum absolute atomic E-state index is 12.2. The van der Waals surface area contributed by atoms with Gasteiger partial charge in [-0.25, -0.2) is 4.98 Å². The van der Waals surface area contributed by atoms with Gasteiger partial charge in [-0.2, -0.15) is 4.98 Å². The van der Waals surface area contributed by atoms with Gasteiger partial charge in [0.25, 0.3) is 5.56 Å². The Hall–Kier alpha value is -2.54. The largest absolute Gasteiger partial charge is 0.337 e. The second kappa shape index (κ2) is 5.58. The Morgan fingerprint density at radius 3 is 2.78 bits per heavy atom. The SMILES string of the molecule is Cc1noc(C(C)(C)NCc2cc(=O)n3cccc(C)c3n2)n1. The molecule has 120 valence electrons. The van der Waals surface area contributed by atoms with Gasteiger partial charge in [-0.1, -0.05) is 11.2 Å². The summed E-state index contributed by atoms with van der Waals surface area (Å²) in [7, 11) is 0. The molecule has 0 spiro atoms. The fourth-order valence-corrected chi connectivity index (χ4v) is 2.34. The maximum Gasteiger partial charge on any atom is 0.258 e. The van der Waals surface area contributed by atoms with Crippen LogP contribution in [-0.4, -0.2) is 19.5 Å². The van der Waals surface area contributed by atoms with Crippen molar-refractivity contribution in [3.8, 4) is 0 Å². The molecule has 0 aliphatic heterocycles. The number of nitrogens with one attached hydrogen (secondary N) is 1. The summed E-state index contributed by atoms with van der Waals surface area (Å²) in [5, 5.41) is 7.12. The van der Waals surface area contributed by atoms with Crippen molar-refractivity contribution in [1.82, 2.24) is 24.8 Å². The summed E-state index contributed by atoms with van der Waals surface area (Å²) in [6, 6.07) is 5.31. The van der Waals surface area contributed by atoms with Gasteiger partial charge in [-0.3, -0.25) is 14.5 Å².